The van der Waals surface area contributed by atoms with E-state index >= 15 is 0 Å². The van der Waals surface area contributed by atoms with E-state index < -0.39 is 6.43 Å². The van der Waals surface area contributed by atoms with Crippen LogP contribution in [-0.4, -0.2) is 49.6 Å². The maximum absolute atomic E-state index is 12.2. The van der Waals surface area contributed by atoms with Gasteiger partial charge in [0, 0.05) is 18.6 Å². The molecule has 0 aromatic heterocycles. The molecule has 0 aromatic carbocycles. The maximum atomic E-state index is 12.2. The van der Waals surface area contributed by atoms with E-state index in [1.165, 1.54) is 0 Å². The highest BCUT2D eigenvalue weighted by Gasteiger charge is 2.33. The number of piperidine rings is 1. The number of likely N-dealkylation sites (tertiary alicyclic amines) is 1. The van der Waals surface area contributed by atoms with Crippen molar-refractivity contribution in [3.63, 3.8) is 0 Å². The molecule has 1 rings (SSSR count). The third-order valence-corrected chi connectivity index (χ3v) is 3.46. The summed E-state index contributed by atoms with van der Waals surface area (Å²) in [7, 11) is 0. The maximum Gasteiger partial charge on any atom is 0.250 e. The van der Waals surface area contributed by atoms with Crippen LogP contribution in [0.1, 0.15) is 26.7 Å². The molecule has 1 heterocycles. The molecule has 0 atom stereocenters. The van der Waals surface area contributed by atoms with Gasteiger partial charge < -0.3 is 16.0 Å². The molecule has 3 N–H and O–H groups in total. The van der Waals surface area contributed by atoms with Gasteiger partial charge in [-0.3, -0.25) is 0 Å². The van der Waals surface area contributed by atoms with Crippen molar-refractivity contribution < 1.29 is 8.78 Å². The summed E-state index contributed by atoms with van der Waals surface area (Å²) >= 11 is 0. The van der Waals surface area contributed by atoms with E-state index in [0.29, 0.717) is 12.5 Å². The summed E-state index contributed by atoms with van der Waals surface area (Å²) in [6.07, 6.45) is -0.571. The van der Waals surface area contributed by atoms with Crippen molar-refractivity contribution in [2.45, 2.75) is 38.7 Å². The van der Waals surface area contributed by atoms with Gasteiger partial charge in [0.2, 0.25) is 0 Å². The first-order chi connectivity index (χ1) is 7.97. The van der Waals surface area contributed by atoms with Gasteiger partial charge in [-0.1, -0.05) is 13.8 Å². The molecule has 0 aliphatic carbocycles. The SMILES string of the molecule is CC(C)CN1CCC(CN)(NCC(F)F)CC1. The van der Waals surface area contributed by atoms with Crippen molar-refractivity contribution in [1.29, 1.82) is 0 Å². The topological polar surface area (TPSA) is 41.3 Å². The predicted molar refractivity (Wildman–Crippen MR) is 66.3 cm³/mol. The molecule has 1 saturated heterocycles. The van der Waals surface area contributed by atoms with Crippen LogP contribution in [0.2, 0.25) is 0 Å². The van der Waals surface area contributed by atoms with Crippen LogP contribution in [-0.2, 0) is 0 Å². The van der Waals surface area contributed by atoms with Gasteiger partial charge in [0.25, 0.3) is 6.43 Å². The highest BCUT2D eigenvalue weighted by molar-refractivity contribution is 4.94. The van der Waals surface area contributed by atoms with Crippen molar-refractivity contribution in [2.24, 2.45) is 11.7 Å². The van der Waals surface area contributed by atoms with Crippen molar-refractivity contribution in [1.82, 2.24) is 10.2 Å². The highest BCUT2D eigenvalue weighted by Crippen LogP contribution is 2.22. The summed E-state index contributed by atoms with van der Waals surface area (Å²) in [6.45, 7) is 7.56. The molecule has 3 nitrogen and oxygen atoms in total. The molecule has 0 aromatic rings. The summed E-state index contributed by atoms with van der Waals surface area (Å²) in [6, 6.07) is 0. The van der Waals surface area contributed by atoms with E-state index in [-0.39, 0.29) is 12.1 Å². The molecule has 17 heavy (non-hydrogen) atoms. The van der Waals surface area contributed by atoms with Crippen LogP contribution in [0.25, 0.3) is 0 Å². The van der Waals surface area contributed by atoms with Gasteiger partial charge in [-0.25, -0.2) is 8.78 Å². The minimum atomic E-state index is -2.30. The Morgan fingerprint density at radius 3 is 2.29 bits per heavy atom. The molecule has 5 heteroatoms. The number of nitrogens with one attached hydrogen (secondary N) is 1. The normalized spacial score (nSPS) is 21.4. The summed E-state index contributed by atoms with van der Waals surface area (Å²) in [5.41, 5.74) is 5.47. The van der Waals surface area contributed by atoms with E-state index in [9.17, 15) is 8.78 Å². The summed E-state index contributed by atoms with van der Waals surface area (Å²) in [5, 5.41) is 2.96. The molecule has 0 bridgehead atoms. The Morgan fingerprint density at radius 1 is 1.29 bits per heavy atom. The zero-order chi connectivity index (χ0) is 12.9. The summed E-state index contributed by atoms with van der Waals surface area (Å²) in [5.74, 6) is 0.648. The van der Waals surface area contributed by atoms with Crippen molar-refractivity contribution >= 4 is 0 Å². The van der Waals surface area contributed by atoms with Crippen molar-refractivity contribution in [3.05, 3.63) is 0 Å². The second kappa shape index (κ2) is 6.61. The molecule has 0 saturated carbocycles. The van der Waals surface area contributed by atoms with E-state index in [4.69, 9.17) is 5.73 Å². The lowest BCUT2D eigenvalue weighted by Crippen LogP contribution is -2.58. The molecule has 0 spiro atoms. The molecule has 0 amide bonds. The summed E-state index contributed by atoms with van der Waals surface area (Å²) < 4.78 is 24.5. The van der Waals surface area contributed by atoms with Gasteiger partial charge in [-0.2, -0.15) is 0 Å². The number of nitrogens with zero attached hydrogens (tertiary/aromatic N) is 1. The Morgan fingerprint density at radius 2 is 1.88 bits per heavy atom. The van der Waals surface area contributed by atoms with E-state index in [1.54, 1.807) is 0 Å². The van der Waals surface area contributed by atoms with Crippen molar-refractivity contribution in [3.8, 4) is 0 Å². The van der Waals surface area contributed by atoms with Gasteiger partial charge >= 0.3 is 0 Å². The Labute approximate surface area is 103 Å². The van der Waals surface area contributed by atoms with Crippen LogP contribution in [0.15, 0.2) is 0 Å². The van der Waals surface area contributed by atoms with Crippen LogP contribution in [0, 0.1) is 5.92 Å². The number of hydrogen-bond donors (Lipinski definition) is 2. The fourth-order valence-electron chi connectivity index (χ4n) is 2.43. The van der Waals surface area contributed by atoms with Gasteiger partial charge in [-0.05, 0) is 31.8 Å². The molecule has 1 aliphatic rings. The van der Waals surface area contributed by atoms with Crippen LogP contribution in [0.3, 0.4) is 0 Å². The summed E-state index contributed by atoms with van der Waals surface area (Å²) in [4.78, 5) is 2.39. The van der Waals surface area contributed by atoms with Gasteiger partial charge in [-0.15, -0.1) is 0 Å². The average Bonchev–Trinajstić information content (AvgIpc) is 2.28. The van der Waals surface area contributed by atoms with Gasteiger partial charge in [0.05, 0.1) is 6.54 Å². The van der Waals surface area contributed by atoms with Crippen LogP contribution < -0.4 is 11.1 Å². The van der Waals surface area contributed by atoms with Gasteiger partial charge in [0.1, 0.15) is 0 Å². The number of rotatable bonds is 6. The predicted octanol–water partition coefficient (Wildman–Crippen LogP) is 1.29. The van der Waals surface area contributed by atoms with Gasteiger partial charge in [0.15, 0.2) is 0 Å². The molecule has 1 aliphatic heterocycles. The Bertz CT molecular complexity index is 214. The number of alkyl halides is 2. The molecule has 0 radical (unpaired) electrons. The first-order valence-corrected chi connectivity index (χ1v) is 6.43. The smallest absolute Gasteiger partial charge is 0.250 e. The molecular weight excluding hydrogens is 224 g/mol. The van der Waals surface area contributed by atoms with Crippen molar-refractivity contribution in [2.75, 3.05) is 32.7 Å². The molecular formula is C12H25F2N3. The third kappa shape index (κ3) is 4.85. The minimum absolute atomic E-state index is 0.249. The quantitative estimate of drug-likeness (QED) is 0.745. The zero-order valence-corrected chi connectivity index (χ0v) is 10.9. The first kappa shape index (κ1) is 14.8. The van der Waals surface area contributed by atoms with E-state index in [2.05, 4.69) is 24.1 Å². The Hall–Kier alpha value is -0.260. The molecule has 1 fully saturated rings. The minimum Gasteiger partial charge on any atom is -0.329 e. The second-order valence-corrected chi connectivity index (χ2v) is 5.45. The second-order valence-electron chi connectivity index (χ2n) is 5.45. The standard InChI is InChI=1S/C12H25F2N3/c1-10(2)8-17-5-3-12(9-15,4-6-17)16-7-11(13)14/h10-11,16H,3-9,15H2,1-2H3. The lowest BCUT2D eigenvalue weighted by atomic mass is 9.87. The fourth-order valence-corrected chi connectivity index (χ4v) is 2.43. The molecule has 0 unspecified atom stereocenters. The lowest BCUT2D eigenvalue weighted by molar-refractivity contribution is 0.0936. The average molecular weight is 249 g/mol. The third-order valence-electron chi connectivity index (χ3n) is 3.46. The monoisotopic (exact) mass is 249 g/mol. The van der Waals surface area contributed by atoms with E-state index in [1.807, 2.05) is 0 Å². The lowest BCUT2D eigenvalue weighted by Gasteiger charge is -2.42. The zero-order valence-electron chi connectivity index (χ0n) is 10.9. The number of halogens is 2. The molecule has 102 valence electrons. The fraction of sp³-hybridized carbons (Fsp3) is 1.00. The highest BCUT2D eigenvalue weighted by atomic mass is 19.3. The largest absolute Gasteiger partial charge is 0.329 e. The van der Waals surface area contributed by atoms with Crippen LogP contribution in [0.5, 0.6) is 0 Å². The van der Waals surface area contributed by atoms with Crippen LogP contribution in [0.4, 0.5) is 8.78 Å². The number of nitrogens with two attached hydrogens (primary N) is 1. The Balaban J connectivity index is 2.39. The van der Waals surface area contributed by atoms with E-state index in [0.717, 1.165) is 32.5 Å². The Kier molecular flexibility index (Phi) is 5.76. The number of hydrogen-bond acceptors (Lipinski definition) is 3. The first-order valence-electron chi connectivity index (χ1n) is 6.43. The van der Waals surface area contributed by atoms with Crippen LogP contribution >= 0.6 is 0 Å².